The molecule has 0 spiro atoms. The number of rotatable bonds is 14. The van der Waals surface area contributed by atoms with E-state index < -0.39 is 41.9 Å². The summed E-state index contributed by atoms with van der Waals surface area (Å²) in [6, 6.07) is -2.51. The first-order valence-electron chi connectivity index (χ1n) is 9.26. The van der Waals surface area contributed by atoms with Gasteiger partial charge in [-0.1, -0.05) is 5.16 Å². The normalized spacial score (nSPS) is 13.0. The van der Waals surface area contributed by atoms with Crippen molar-refractivity contribution in [1.82, 2.24) is 10.2 Å². The molecule has 3 amide bonds. The number of likely N-dealkylation sites (N-methyl/N-ethyl adjacent to an activating group) is 1. The molecule has 176 valence electrons. The molecule has 5 N–H and O–H groups in total. The lowest BCUT2D eigenvalue weighted by atomic mass is 10.1. The van der Waals surface area contributed by atoms with Gasteiger partial charge in [0, 0.05) is 25.0 Å². The molecule has 0 aliphatic rings. The maximum absolute atomic E-state index is 12.4. The van der Waals surface area contributed by atoms with Crippen LogP contribution >= 0.6 is 11.8 Å². The van der Waals surface area contributed by atoms with Gasteiger partial charge < -0.3 is 30.8 Å². The summed E-state index contributed by atoms with van der Waals surface area (Å²) < 4.78 is 4.87. The average molecular weight is 464 g/mol. The van der Waals surface area contributed by atoms with Gasteiger partial charge in [0.2, 0.25) is 5.91 Å². The third-order valence-electron chi connectivity index (χ3n) is 3.59. The molecule has 0 saturated carbocycles. The Morgan fingerprint density at radius 1 is 1.16 bits per heavy atom. The Kier molecular flexibility index (Phi) is 13.6. The zero-order valence-corrected chi connectivity index (χ0v) is 18.3. The fourth-order valence-electron chi connectivity index (χ4n) is 1.93. The molecule has 0 rings (SSSR count). The molecule has 0 fully saturated rings. The summed E-state index contributed by atoms with van der Waals surface area (Å²) in [5.41, 5.74) is 5.29. The number of thioether (sulfide) groups is 1. The number of carbonyl (C=O) groups excluding carboxylic acids is 3. The molecule has 0 aromatic heterocycles. The van der Waals surface area contributed by atoms with Gasteiger partial charge in [0.15, 0.2) is 5.71 Å². The van der Waals surface area contributed by atoms with E-state index in [0.29, 0.717) is 4.90 Å². The minimum atomic E-state index is -1.52. The van der Waals surface area contributed by atoms with Crippen LogP contribution in [0.25, 0.3) is 0 Å². The second-order valence-corrected chi connectivity index (χ2v) is 7.00. The van der Waals surface area contributed by atoms with Gasteiger partial charge in [0.1, 0.15) is 18.7 Å². The Morgan fingerprint density at radius 3 is 2.32 bits per heavy atom. The lowest BCUT2D eigenvalue weighted by molar-refractivity contribution is -0.139. The molecule has 14 heteroatoms. The van der Waals surface area contributed by atoms with Crippen LogP contribution in [0.1, 0.15) is 26.7 Å². The molecule has 0 saturated heterocycles. The topological polar surface area (TPSA) is 198 Å². The highest BCUT2D eigenvalue weighted by Gasteiger charge is 2.28. The van der Waals surface area contributed by atoms with E-state index in [4.69, 9.17) is 25.5 Å². The Balaban J connectivity index is 5.15. The maximum atomic E-state index is 12.4. The fraction of sp³-hybridized carbons (Fsp3) is 0.647. The van der Waals surface area contributed by atoms with Crippen molar-refractivity contribution in [3.8, 4) is 0 Å². The van der Waals surface area contributed by atoms with Gasteiger partial charge in [-0.2, -0.15) is 11.8 Å². The average Bonchev–Trinajstić information content (AvgIpc) is 2.72. The summed E-state index contributed by atoms with van der Waals surface area (Å²) in [7, 11) is 1.02. The van der Waals surface area contributed by atoms with Crippen LogP contribution < -0.4 is 11.1 Å². The molecular weight excluding hydrogens is 436 g/mol. The van der Waals surface area contributed by atoms with E-state index in [1.54, 1.807) is 13.8 Å². The number of hydrogen-bond donors (Lipinski definition) is 4. The first kappa shape index (κ1) is 28.1. The quantitative estimate of drug-likeness (QED) is 0.147. The standard InChI is InChI=1S/C17H28N4O9S/c1-4-29-16(26)12(20-30-5-2)9-31-8-11(14(23)21(3)17(27)28)19-13(22)7-6-10(18)15(24)25/h10-11H,4-9,18H2,1-3H3,(H,19,22)(H,24,25)(H,27,28)/b20-12+. The Bertz CT molecular complexity index is 687. The SMILES string of the molecule is CCO/N=C(\CSCC(NC(=O)CCC(N)C(=O)O)C(=O)N(C)C(=O)O)C(=O)OCC. The van der Waals surface area contributed by atoms with Crippen LogP contribution in [-0.4, -0.2) is 94.5 Å². The highest BCUT2D eigenvalue weighted by atomic mass is 32.2. The van der Waals surface area contributed by atoms with E-state index in [1.165, 1.54) is 0 Å². The van der Waals surface area contributed by atoms with Crippen molar-refractivity contribution < 1.29 is 43.8 Å². The second-order valence-electron chi connectivity index (χ2n) is 5.97. The predicted octanol–water partition coefficient (Wildman–Crippen LogP) is -0.511. The molecule has 0 aliphatic carbocycles. The molecule has 31 heavy (non-hydrogen) atoms. The van der Waals surface area contributed by atoms with Crippen LogP contribution in [0.5, 0.6) is 0 Å². The number of nitrogens with two attached hydrogens (primary N) is 1. The summed E-state index contributed by atoms with van der Waals surface area (Å²) >= 11 is 1.02. The van der Waals surface area contributed by atoms with E-state index in [-0.39, 0.29) is 43.3 Å². The summed E-state index contributed by atoms with van der Waals surface area (Å²) in [6.45, 7) is 3.62. The molecule has 0 aromatic carbocycles. The van der Waals surface area contributed by atoms with Crippen molar-refractivity contribution in [2.24, 2.45) is 10.9 Å². The van der Waals surface area contributed by atoms with Gasteiger partial charge in [0.05, 0.1) is 6.61 Å². The molecule has 0 aromatic rings. The van der Waals surface area contributed by atoms with Crippen molar-refractivity contribution in [2.45, 2.75) is 38.8 Å². The molecular formula is C17H28N4O9S. The van der Waals surface area contributed by atoms with Gasteiger partial charge in [0.25, 0.3) is 5.91 Å². The molecule has 0 heterocycles. The van der Waals surface area contributed by atoms with Gasteiger partial charge in [-0.3, -0.25) is 14.4 Å². The predicted molar refractivity (Wildman–Crippen MR) is 111 cm³/mol. The first-order valence-corrected chi connectivity index (χ1v) is 10.4. The number of carboxylic acid groups (broad SMARTS) is 2. The molecule has 0 radical (unpaired) electrons. The van der Waals surface area contributed by atoms with Gasteiger partial charge >= 0.3 is 18.0 Å². The zero-order chi connectivity index (χ0) is 24.0. The molecule has 2 unspecified atom stereocenters. The van der Waals surface area contributed by atoms with Crippen LogP contribution in [0.4, 0.5) is 4.79 Å². The lowest BCUT2D eigenvalue weighted by Gasteiger charge is -2.21. The first-order chi connectivity index (χ1) is 14.5. The summed E-state index contributed by atoms with van der Waals surface area (Å²) in [6.07, 6.45) is -1.97. The summed E-state index contributed by atoms with van der Waals surface area (Å²) in [4.78, 5) is 63.5. The lowest BCUT2D eigenvalue weighted by Crippen LogP contribution is -2.50. The number of nitrogens with one attached hydrogen (secondary N) is 1. The molecule has 2 atom stereocenters. The Labute approximate surface area is 183 Å². The van der Waals surface area contributed by atoms with E-state index >= 15 is 0 Å². The largest absolute Gasteiger partial charge is 0.480 e. The number of aliphatic carboxylic acids is 1. The molecule has 13 nitrogen and oxygen atoms in total. The summed E-state index contributed by atoms with van der Waals surface area (Å²) in [5, 5.41) is 23.8. The number of amides is 3. The van der Waals surface area contributed by atoms with Crippen molar-refractivity contribution in [2.75, 3.05) is 31.8 Å². The van der Waals surface area contributed by atoms with E-state index in [1.807, 2.05) is 0 Å². The number of carbonyl (C=O) groups is 5. The number of esters is 1. The number of hydrogen-bond acceptors (Lipinski definition) is 10. The van der Waals surface area contributed by atoms with Crippen LogP contribution in [0.15, 0.2) is 5.16 Å². The van der Waals surface area contributed by atoms with E-state index in [9.17, 15) is 24.0 Å². The third-order valence-corrected chi connectivity index (χ3v) is 4.64. The number of oxime groups is 1. The smallest absolute Gasteiger partial charge is 0.413 e. The summed E-state index contributed by atoms with van der Waals surface area (Å²) in [5.74, 6) is -3.70. The van der Waals surface area contributed by atoms with Gasteiger partial charge in [-0.25, -0.2) is 14.5 Å². The molecule has 0 aliphatic heterocycles. The van der Waals surface area contributed by atoms with Crippen LogP contribution in [0.3, 0.4) is 0 Å². The Hall–Kier alpha value is -2.87. The van der Waals surface area contributed by atoms with Crippen molar-refractivity contribution in [3.63, 3.8) is 0 Å². The minimum Gasteiger partial charge on any atom is -0.480 e. The van der Waals surface area contributed by atoms with Gasteiger partial charge in [-0.05, 0) is 20.3 Å². The van der Waals surface area contributed by atoms with Crippen LogP contribution in [0, 0.1) is 0 Å². The number of carboxylic acids is 1. The fourth-order valence-corrected chi connectivity index (χ4v) is 2.88. The van der Waals surface area contributed by atoms with E-state index in [2.05, 4.69) is 10.5 Å². The number of ether oxygens (including phenoxy) is 1. The third kappa shape index (κ3) is 11.2. The number of nitrogens with zero attached hydrogens (tertiary/aromatic N) is 2. The van der Waals surface area contributed by atoms with E-state index in [0.717, 1.165) is 18.8 Å². The second kappa shape index (κ2) is 15.0. The highest BCUT2D eigenvalue weighted by molar-refractivity contribution is 8.00. The van der Waals surface area contributed by atoms with Gasteiger partial charge in [-0.15, -0.1) is 0 Å². The van der Waals surface area contributed by atoms with Crippen molar-refractivity contribution >= 4 is 47.3 Å². The van der Waals surface area contributed by atoms with Crippen molar-refractivity contribution in [1.29, 1.82) is 0 Å². The monoisotopic (exact) mass is 464 g/mol. The number of imide groups is 1. The Morgan fingerprint density at radius 2 is 1.81 bits per heavy atom. The highest BCUT2D eigenvalue weighted by Crippen LogP contribution is 2.09. The van der Waals surface area contributed by atoms with Crippen LogP contribution in [0.2, 0.25) is 0 Å². The van der Waals surface area contributed by atoms with Crippen molar-refractivity contribution in [3.05, 3.63) is 0 Å². The maximum Gasteiger partial charge on any atom is 0.413 e. The zero-order valence-electron chi connectivity index (χ0n) is 17.5. The minimum absolute atomic E-state index is 0.0286. The van der Waals surface area contributed by atoms with Crippen LogP contribution in [-0.2, 0) is 28.8 Å². The molecule has 0 bridgehead atoms.